The van der Waals surface area contributed by atoms with Crippen molar-refractivity contribution in [2.24, 2.45) is 0 Å². The largest absolute Gasteiger partial charge is 0.359 e. The van der Waals surface area contributed by atoms with Crippen molar-refractivity contribution in [3.05, 3.63) is 21.7 Å². The van der Waals surface area contributed by atoms with Gasteiger partial charge in [-0.15, -0.1) is 0 Å². The summed E-state index contributed by atoms with van der Waals surface area (Å²) < 4.78 is 0. The Kier molecular flexibility index (Phi) is 2.73. The Morgan fingerprint density at radius 1 is 1.53 bits per heavy atom. The van der Waals surface area contributed by atoms with Gasteiger partial charge in [0.2, 0.25) is 0 Å². The summed E-state index contributed by atoms with van der Waals surface area (Å²) in [6.07, 6.45) is 0.873. The average Bonchev–Trinajstić information content (AvgIpc) is 2.26. The van der Waals surface area contributed by atoms with Crippen molar-refractivity contribution in [2.75, 3.05) is 25.0 Å². The fourth-order valence-corrected chi connectivity index (χ4v) is 1.82. The van der Waals surface area contributed by atoms with E-state index in [0.29, 0.717) is 0 Å². The van der Waals surface area contributed by atoms with Gasteiger partial charge < -0.3 is 15.2 Å². The SMILES string of the molecule is CCN(C)c1nc(=O)[nH]c2c1CNCC2. The number of fused-ring (bicyclic) bond motifs is 1. The predicted octanol–water partition coefficient (Wildman–Crippen LogP) is -0.128. The fourth-order valence-electron chi connectivity index (χ4n) is 1.82. The summed E-state index contributed by atoms with van der Waals surface area (Å²) in [6.45, 7) is 4.61. The maximum absolute atomic E-state index is 11.4. The Labute approximate surface area is 88.5 Å². The van der Waals surface area contributed by atoms with E-state index in [9.17, 15) is 4.79 Å². The van der Waals surface area contributed by atoms with E-state index in [1.165, 1.54) is 0 Å². The molecule has 1 aromatic heterocycles. The van der Waals surface area contributed by atoms with Gasteiger partial charge in [-0.05, 0) is 6.92 Å². The number of nitrogens with zero attached hydrogens (tertiary/aromatic N) is 2. The molecule has 0 spiro atoms. The average molecular weight is 208 g/mol. The third-order valence-corrected chi connectivity index (χ3v) is 2.79. The molecule has 0 atom stereocenters. The summed E-state index contributed by atoms with van der Waals surface area (Å²) in [5, 5.41) is 3.29. The minimum absolute atomic E-state index is 0.244. The first-order chi connectivity index (χ1) is 7.22. The van der Waals surface area contributed by atoms with E-state index in [4.69, 9.17) is 0 Å². The number of nitrogens with one attached hydrogen (secondary N) is 2. The molecule has 0 bridgehead atoms. The molecule has 5 nitrogen and oxygen atoms in total. The highest BCUT2D eigenvalue weighted by atomic mass is 16.1. The number of hydrogen-bond acceptors (Lipinski definition) is 4. The smallest absolute Gasteiger partial charge is 0.347 e. The van der Waals surface area contributed by atoms with Crippen LogP contribution < -0.4 is 15.9 Å². The number of anilines is 1. The van der Waals surface area contributed by atoms with E-state index in [1.54, 1.807) is 0 Å². The summed E-state index contributed by atoms with van der Waals surface area (Å²) in [4.78, 5) is 20.2. The van der Waals surface area contributed by atoms with Crippen LogP contribution in [-0.4, -0.2) is 30.1 Å². The molecule has 0 fully saturated rings. The molecule has 0 amide bonds. The highest BCUT2D eigenvalue weighted by Gasteiger charge is 2.17. The molecule has 15 heavy (non-hydrogen) atoms. The zero-order chi connectivity index (χ0) is 10.8. The number of aromatic nitrogens is 2. The van der Waals surface area contributed by atoms with Gasteiger partial charge in [-0.3, -0.25) is 0 Å². The van der Waals surface area contributed by atoms with Crippen LogP contribution in [0.1, 0.15) is 18.2 Å². The van der Waals surface area contributed by atoms with Crippen molar-refractivity contribution in [3.63, 3.8) is 0 Å². The minimum atomic E-state index is -0.244. The molecule has 0 unspecified atom stereocenters. The van der Waals surface area contributed by atoms with Crippen molar-refractivity contribution >= 4 is 5.82 Å². The first kappa shape index (κ1) is 10.2. The van der Waals surface area contributed by atoms with E-state index in [1.807, 2.05) is 18.9 Å². The summed E-state index contributed by atoms with van der Waals surface area (Å²) in [6, 6.07) is 0. The normalized spacial score (nSPS) is 14.8. The topological polar surface area (TPSA) is 61.0 Å². The van der Waals surface area contributed by atoms with E-state index in [0.717, 1.165) is 43.1 Å². The molecule has 2 N–H and O–H groups in total. The van der Waals surface area contributed by atoms with Crippen LogP contribution in [0, 0.1) is 0 Å². The molecule has 0 aliphatic carbocycles. The van der Waals surface area contributed by atoms with Gasteiger partial charge in [-0.25, -0.2) is 4.79 Å². The monoisotopic (exact) mass is 208 g/mol. The van der Waals surface area contributed by atoms with Gasteiger partial charge in [0.25, 0.3) is 0 Å². The van der Waals surface area contributed by atoms with Gasteiger partial charge in [0.1, 0.15) is 5.82 Å². The summed E-state index contributed by atoms with van der Waals surface area (Å²) >= 11 is 0. The zero-order valence-electron chi connectivity index (χ0n) is 9.13. The van der Waals surface area contributed by atoms with E-state index < -0.39 is 0 Å². The molecule has 1 aliphatic heterocycles. The second kappa shape index (κ2) is 4.02. The molecule has 0 saturated heterocycles. The second-order valence-electron chi connectivity index (χ2n) is 3.76. The maximum atomic E-state index is 11.4. The number of aromatic amines is 1. The Hall–Kier alpha value is -1.36. The minimum Gasteiger partial charge on any atom is -0.359 e. The van der Waals surface area contributed by atoms with Crippen molar-refractivity contribution in [1.29, 1.82) is 0 Å². The van der Waals surface area contributed by atoms with Gasteiger partial charge in [-0.1, -0.05) is 0 Å². The van der Waals surface area contributed by atoms with Crippen molar-refractivity contribution in [2.45, 2.75) is 19.9 Å². The quantitative estimate of drug-likeness (QED) is 0.711. The lowest BCUT2D eigenvalue weighted by Gasteiger charge is -2.24. The van der Waals surface area contributed by atoms with Gasteiger partial charge >= 0.3 is 5.69 Å². The summed E-state index contributed by atoms with van der Waals surface area (Å²) in [5.41, 5.74) is 1.92. The van der Waals surface area contributed by atoms with Gasteiger partial charge in [-0.2, -0.15) is 4.98 Å². The number of H-pyrrole nitrogens is 1. The van der Waals surface area contributed by atoms with Crippen molar-refractivity contribution in [3.8, 4) is 0 Å². The predicted molar refractivity (Wildman–Crippen MR) is 59.2 cm³/mol. The third-order valence-electron chi connectivity index (χ3n) is 2.79. The lowest BCUT2D eigenvalue weighted by molar-refractivity contribution is 0.620. The van der Waals surface area contributed by atoms with Gasteiger partial charge in [0, 0.05) is 44.4 Å². The second-order valence-corrected chi connectivity index (χ2v) is 3.76. The summed E-state index contributed by atoms with van der Waals surface area (Å²) in [7, 11) is 1.96. The van der Waals surface area contributed by atoms with E-state index in [-0.39, 0.29) is 5.69 Å². The number of hydrogen-bond donors (Lipinski definition) is 2. The Bertz CT molecular complexity index is 412. The molecule has 2 rings (SSSR count). The maximum Gasteiger partial charge on any atom is 0.347 e. The summed E-state index contributed by atoms with van der Waals surface area (Å²) in [5.74, 6) is 0.809. The van der Waals surface area contributed by atoms with Crippen molar-refractivity contribution < 1.29 is 0 Å². The van der Waals surface area contributed by atoms with Crippen LogP contribution in [0.15, 0.2) is 4.79 Å². The molecule has 82 valence electrons. The van der Waals surface area contributed by atoms with Gasteiger partial charge in [0.05, 0.1) is 0 Å². The molecular formula is C10H16N4O. The highest BCUT2D eigenvalue weighted by molar-refractivity contribution is 5.48. The van der Waals surface area contributed by atoms with E-state index >= 15 is 0 Å². The highest BCUT2D eigenvalue weighted by Crippen LogP contribution is 2.19. The van der Waals surface area contributed by atoms with Crippen LogP contribution in [0.2, 0.25) is 0 Å². The van der Waals surface area contributed by atoms with Gasteiger partial charge in [0.15, 0.2) is 0 Å². The lowest BCUT2D eigenvalue weighted by Crippen LogP contribution is -2.32. The Morgan fingerprint density at radius 2 is 2.33 bits per heavy atom. The molecule has 5 heteroatoms. The Morgan fingerprint density at radius 3 is 3.07 bits per heavy atom. The van der Waals surface area contributed by atoms with Crippen LogP contribution in [0.5, 0.6) is 0 Å². The molecular weight excluding hydrogens is 192 g/mol. The van der Waals surface area contributed by atoms with Crippen LogP contribution >= 0.6 is 0 Å². The molecule has 0 aromatic carbocycles. The number of rotatable bonds is 2. The third kappa shape index (κ3) is 1.87. The molecule has 1 aromatic rings. The molecule has 0 radical (unpaired) electrons. The van der Waals surface area contributed by atoms with E-state index in [2.05, 4.69) is 15.3 Å². The van der Waals surface area contributed by atoms with Crippen LogP contribution in [0.3, 0.4) is 0 Å². The van der Waals surface area contributed by atoms with Crippen LogP contribution in [0.4, 0.5) is 5.82 Å². The zero-order valence-corrected chi connectivity index (χ0v) is 9.13. The molecule has 1 aliphatic rings. The first-order valence-electron chi connectivity index (χ1n) is 5.26. The standard InChI is InChI=1S/C10H16N4O/c1-3-14(2)9-7-6-11-5-4-8(7)12-10(15)13-9/h11H,3-6H2,1-2H3,(H,12,13,15). The van der Waals surface area contributed by atoms with Crippen LogP contribution in [-0.2, 0) is 13.0 Å². The molecule has 2 heterocycles. The molecule has 0 saturated carbocycles. The first-order valence-corrected chi connectivity index (χ1v) is 5.26. The van der Waals surface area contributed by atoms with Crippen molar-refractivity contribution in [1.82, 2.24) is 15.3 Å². The fraction of sp³-hybridized carbons (Fsp3) is 0.600. The lowest BCUT2D eigenvalue weighted by atomic mass is 10.1. The Balaban J connectivity index is 2.52. The van der Waals surface area contributed by atoms with Crippen LogP contribution in [0.25, 0.3) is 0 Å².